The summed E-state index contributed by atoms with van der Waals surface area (Å²) in [6.07, 6.45) is 0. The molecule has 1 atom stereocenters. The zero-order chi connectivity index (χ0) is 12.7. The molecule has 5 nitrogen and oxygen atoms in total. The summed E-state index contributed by atoms with van der Waals surface area (Å²) >= 11 is 3.06. The van der Waals surface area contributed by atoms with E-state index in [0.717, 1.165) is 15.9 Å². The lowest BCUT2D eigenvalue weighted by atomic mass is 10.3. The Morgan fingerprint density at radius 3 is 2.82 bits per heavy atom. The molecule has 1 heterocycles. The molecule has 1 aromatic heterocycles. The van der Waals surface area contributed by atoms with Gasteiger partial charge in [-0.1, -0.05) is 30.0 Å². The average molecular weight is 275 g/mol. The van der Waals surface area contributed by atoms with Crippen molar-refractivity contribution in [2.75, 3.05) is 18.9 Å². The maximum absolute atomic E-state index is 11.6. The molecule has 1 aromatic rings. The van der Waals surface area contributed by atoms with Crippen LogP contribution in [-0.4, -0.2) is 41.1 Å². The van der Waals surface area contributed by atoms with Gasteiger partial charge in [0.25, 0.3) is 0 Å². The summed E-state index contributed by atoms with van der Waals surface area (Å²) in [6.45, 7) is 6.82. The highest BCUT2D eigenvalue weighted by Crippen LogP contribution is 2.22. The van der Waals surface area contributed by atoms with Gasteiger partial charge in [0, 0.05) is 5.75 Å². The van der Waals surface area contributed by atoms with E-state index in [1.165, 1.54) is 23.1 Å². The highest BCUT2D eigenvalue weighted by atomic mass is 32.2. The Bertz CT molecular complexity index is 357. The monoisotopic (exact) mass is 275 g/mol. The minimum Gasteiger partial charge on any atom is -0.465 e. The van der Waals surface area contributed by atoms with E-state index in [1.54, 1.807) is 0 Å². The molecule has 7 heteroatoms. The summed E-state index contributed by atoms with van der Waals surface area (Å²) in [5, 5.41) is 12.0. The first-order chi connectivity index (χ1) is 8.17. The number of nitrogens with one attached hydrogen (secondary N) is 1. The third-order valence-electron chi connectivity index (χ3n) is 1.90. The van der Waals surface area contributed by atoms with Crippen LogP contribution in [-0.2, 0) is 9.53 Å². The summed E-state index contributed by atoms with van der Waals surface area (Å²) in [4.78, 5) is 11.6. The van der Waals surface area contributed by atoms with Gasteiger partial charge in [0.1, 0.15) is 11.0 Å². The van der Waals surface area contributed by atoms with Crippen molar-refractivity contribution in [3.63, 3.8) is 0 Å². The van der Waals surface area contributed by atoms with Crippen molar-refractivity contribution in [1.82, 2.24) is 15.5 Å². The van der Waals surface area contributed by atoms with Crippen molar-refractivity contribution in [3.05, 3.63) is 5.01 Å². The summed E-state index contributed by atoms with van der Waals surface area (Å²) in [7, 11) is 0. The van der Waals surface area contributed by atoms with E-state index in [4.69, 9.17) is 4.74 Å². The van der Waals surface area contributed by atoms with E-state index < -0.39 is 0 Å². The normalized spacial score (nSPS) is 12.4. The standard InChI is InChI=1S/C10H17N3O2S2/c1-4-11-8(9(14)15-5-2)6-16-10-13-12-7(3)17-10/h8,11H,4-6H2,1-3H3. The topological polar surface area (TPSA) is 64.1 Å². The third-order valence-corrected chi connectivity index (χ3v) is 3.97. The number of carbonyl (C=O) groups is 1. The SMILES string of the molecule is CCNC(CSc1nnc(C)s1)C(=O)OCC. The molecule has 1 rings (SSSR count). The van der Waals surface area contributed by atoms with E-state index >= 15 is 0 Å². The van der Waals surface area contributed by atoms with Crippen molar-refractivity contribution in [2.45, 2.75) is 31.2 Å². The molecule has 1 unspecified atom stereocenters. The summed E-state index contributed by atoms with van der Waals surface area (Å²) in [5.74, 6) is 0.407. The fourth-order valence-electron chi connectivity index (χ4n) is 1.19. The smallest absolute Gasteiger partial charge is 0.323 e. The van der Waals surface area contributed by atoms with Crippen LogP contribution in [0.1, 0.15) is 18.9 Å². The van der Waals surface area contributed by atoms with Gasteiger partial charge in [-0.25, -0.2) is 0 Å². The Morgan fingerprint density at radius 1 is 1.53 bits per heavy atom. The van der Waals surface area contributed by atoms with Gasteiger partial charge in [-0.3, -0.25) is 4.79 Å². The van der Waals surface area contributed by atoms with Gasteiger partial charge in [-0.2, -0.15) is 0 Å². The predicted octanol–water partition coefficient (Wildman–Crippen LogP) is 1.48. The van der Waals surface area contributed by atoms with Gasteiger partial charge < -0.3 is 10.1 Å². The van der Waals surface area contributed by atoms with Crippen LogP contribution in [0.5, 0.6) is 0 Å². The number of carbonyl (C=O) groups excluding carboxylic acids is 1. The maximum Gasteiger partial charge on any atom is 0.323 e. The molecule has 0 aliphatic carbocycles. The lowest BCUT2D eigenvalue weighted by molar-refractivity contribution is -0.144. The molecule has 0 fully saturated rings. The molecule has 0 aliphatic rings. The Labute approximate surface area is 109 Å². The quantitative estimate of drug-likeness (QED) is 0.600. The first kappa shape index (κ1) is 14.4. The zero-order valence-corrected chi connectivity index (χ0v) is 11.9. The number of nitrogens with zero attached hydrogens (tertiary/aromatic N) is 2. The molecule has 0 spiro atoms. The molecule has 0 amide bonds. The van der Waals surface area contributed by atoms with Crippen LogP contribution in [0.3, 0.4) is 0 Å². The highest BCUT2D eigenvalue weighted by molar-refractivity contribution is 8.01. The fraction of sp³-hybridized carbons (Fsp3) is 0.700. The van der Waals surface area contributed by atoms with Crippen molar-refractivity contribution in [1.29, 1.82) is 0 Å². The lowest BCUT2D eigenvalue weighted by Crippen LogP contribution is -2.40. The maximum atomic E-state index is 11.6. The van der Waals surface area contributed by atoms with Gasteiger partial charge in [-0.05, 0) is 20.4 Å². The fourth-order valence-corrected chi connectivity index (χ4v) is 3.07. The largest absolute Gasteiger partial charge is 0.465 e. The minimum atomic E-state index is -0.283. The van der Waals surface area contributed by atoms with E-state index in [-0.39, 0.29) is 12.0 Å². The Hall–Kier alpha value is -0.660. The molecule has 0 aromatic carbocycles. The predicted molar refractivity (Wildman–Crippen MR) is 69.5 cm³/mol. The minimum absolute atomic E-state index is 0.205. The second kappa shape index (κ2) is 7.62. The van der Waals surface area contributed by atoms with Crippen LogP contribution >= 0.6 is 23.1 Å². The first-order valence-electron chi connectivity index (χ1n) is 5.50. The molecule has 0 aliphatic heterocycles. The van der Waals surface area contributed by atoms with E-state index in [0.29, 0.717) is 12.4 Å². The van der Waals surface area contributed by atoms with Gasteiger partial charge in [0.05, 0.1) is 6.61 Å². The van der Waals surface area contributed by atoms with Crippen molar-refractivity contribution in [3.8, 4) is 0 Å². The number of ether oxygens (including phenoxy) is 1. The summed E-state index contributed by atoms with van der Waals surface area (Å²) < 4.78 is 5.89. The van der Waals surface area contributed by atoms with Crippen LogP contribution in [0.25, 0.3) is 0 Å². The second-order valence-corrected chi connectivity index (χ2v) is 5.71. The van der Waals surface area contributed by atoms with Crippen molar-refractivity contribution in [2.24, 2.45) is 0 Å². The summed E-state index contributed by atoms with van der Waals surface area (Å²) in [6, 6.07) is -0.283. The number of hydrogen-bond donors (Lipinski definition) is 1. The summed E-state index contributed by atoms with van der Waals surface area (Å²) in [5.41, 5.74) is 0. The molecule has 0 radical (unpaired) electrons. The molecule has 0 bridgehead atoms. The van der Waals surface area contributed by atoms with E-state index in [9.17, 15) is 4.79 Å². The highest BCUT2D eigenvalue weighted by Gasteiger charge is 2.19. The average Bonchev–Trinajstić information content (AvgIpc) is 2.70. The van der Waals surface area contributed by atoms with Crippen LogP contribution in [0.15, 0.2) is 4.34 Å². The van der Waals surface area contributed by atoms with Crippen LogP contribution in [0.2, 0.25) is 0 Å². The Kier molecular flexibility index (Phi) is 6.46. The first-order valence-corrected chi connectivity index (χ1v) is 7.30. The number of esters is 1. The Balaban J connectivity index is 2.46. The number of aromatic nitrogens is 2. The molecule has 96 valence electrons. The number of rotatable bonds is 7. The molecule has 0 saturated carbocycles. The van der Waals surface area contributed by atoms with Crippen LogP contribution in [0, 0.1) is 6.92 Å². The van der Waals surface area contributed by atoms with Crippen LogP contribution in [0.4, 0.5) is 0 Å². The van der Waals surface area contributed by atoms with Crippen molar-refractivity contribution >= 4 is 29.1 Å². The molecular formula is C10H17N3O2S2. The van der Waals surface area contributed by atoms with Gasteiger partial charge in [0.15, 0.2) is 4.34 Å². The zero-order valence-electron chi connectivity index (χ0n) is 10.2. The molecule has 0 saturated heterocycles. The van der Waals surface area contributed by atoms with Gasteiger partial charge >= 0.3 is 5.97 Å². The number of aryl methyl sites for hydroxylation is 1. The second-order valence-electron chi connectivity index (χ2n) is 3.26. The Morgan fingerprint density at radius 2 is 2.29 bits per heavy atom. The molecule has 17 heavy (non-hydrogen) atoms. The molecular weight excluding hydrogens is 258 g/mol. The molecule has 1 N–H and O–H groups in total. The lowest BCUT2D eigenvalue weighted by Gasteiger charge is -2.14. The van der Waals surface area contributed by atoms with E-state index in [1.807, 2.05) is 20.8 Å². The number of likely N-dealkylation sites (N-methyl/N-ethyl adjacent to an activating group) is 1. The number of thioether (sulfide) groups is 1. The van der Waals surface area contributed by atoms with E-state index in [2.05, 4.69) is 15.5 Å². The van der Waals surface area contributed by atoms with Gasteiger partial charge in [-0.15, -0.1) is 10.2 Å². The van der Waals surface area contributed by atoms with Crippen LogP contribution < -0.4 is 5.32 Å². The van der Waals surface area contributed by atoms with Gasteiger partial charge in [0.2, 0.25) is 0 Å². The third kappa shape index (κ3) is 5.01. The van der Waals surface area contributed by atoms with Crippen molar-refractivity contribution < 1.29 is 9.53 Å². The number of hydrogen-bond acceptors (Lipinski definition) is 7.